The summed E-state index contributed by atoms with van der Waals surface area (Å²) in [7, 11) is 0. The molecule has 1 heterocycles. The first-order chi connectivity index (χ1) is 10.0. The number of carbonyl (C=O) groups excluding carboxylic acids is 1. The SMILES string of the molecule is NC(=NO)C1CCCN(C(=O)Cc2c(F)cccc2Cl)C1. The molecule has 7 heteroatoms. The predicted octanol–water partition coefficient (Wildman–Crippen LogP) is 2.01. The van der Waals surface area contributed by atoms with Crippen LogP contribution in [0.5, 0.6) is 0 Å². The highest BCUT2D eigenvalue weighted by atomic mass is 35.5. The molecular formula is C14H17ClFN3O2. The second-order valence-electron chi connectivity index (χ2n) is 5.08. The van der Waals surface area contributed by atoms with Crippen molar-refractivity contribution in [3.63, 3.8) is 0 Å². The smallest absolute Gasteiger partial charge is 0.227 e. The molecule has 1 saturated heterocycles. The first kappa shape index (κ1) is 15.6. The monoisotopic (exact) mass is 313 g/mol. The summed E-state index contributed by atoms with van der Waals surface area (Å²) < 4.78 is 13.7. The Morgan fingerprint density at radius 1 is 1.57 bits per heavy atom. The van der Waals surface area contributed by atoms with E-state index in [1.807, 2.05) is 0 Å². The molecule has 1 unspecified atom stereocenters. The fraction of sp³-hybridized carbons (Fsp3) is 0.429. The van der Waals surface area contributed by atoms with Crippen molar-refractivity contribution in [2.24, 2.45) is 16.8 Å². The van der Waals surface area contributed by atoms with E-state index in [1.54, 1.807) is 11.0 Å². The molecule has 114 valence electrons. The minimum Gasteiger partial charge on any atom is -0.409 e. The van der Waals surface area contributed by atoms with Gasteiger partial charge in [-0.25, -0.2) is 4.39 Å². The molecule has 1 aromatic rings. The average Bonchev–Trinajstić information content (AvgIpc) is 2.50. The van der Waals surface area contributed by atoms with Crippen molar-refractivity contribution in [2.45, 2.75) is 19.3 Å². The zero-order valence-electron chi connectivity index (χ0n) is 11.4. The van der Waals surface area contributed by atoms with Gasteiger partial charge in [-0.15, -0.1) is 0 Å². The minimum absolute atomic E-state index is 0.0889. The van der Waals surface area contributed by atoms with Crippen LogP contribution in [-0.2, 0) is 11.2 Å². The molecule has 0 spiro atoms. The van der Waals surface area contributed by atoms with Crippen LogP contribution in [0, 0.1) is 11.7 Å². The van der Waals surface area contributed by atoms with Crippen LogP contribution in [0.1, 0.15) is 18.4 Å². The van der Waals surface area contributed by atoms with E-state index in [9.17, 15) is 9.18 Å². The Hall–Kier alpha value is -1.82. The molecule has 1 aliphatic rings. The Balaban J connectivity index is 2.06. The van der Waals surface area contributed by atoms with Crippen molar-refractivity contribution in [3.05, 3.63) is 34.6 Å². The lowest BCUT2D eigenvalue weighted by Crippen LogP contribution is -2.44. The van der Waals surface area contributed by atoms with Crippen LogP contribution in [0.25, 0.3) is 0 Å². The first-order valence-corrected chi connectivity index (χ1v) is 7.08. The summed E-state index contributed by atoms with van der Waals surface area (Å²) in [5.41, 5.74) is 5.80. The van der Waals surface area contributed by atoms with Crippen molar-refractivity contribution in [1.82, 2.24) is 4.90 Å². The molecule has 1 atom stereocenters. The van der Waals surface area contributed by atoms with Gasteiger partial charge >= 0.3 is 0 Å². The van der Waals surface area contributed by atoms with E-state index >= 15 is 0 Å². The molecule has 0 aromatic heterocycles. The molecule has 3 N–H and O–H groups in total. The number of carbonyl (C=O) groups is 1. The number of likely N-dealkylation sites (tertiary alicyclic amines) is 1. The van der Waals surface area contributed by atoms with E-state index < -0.39 is 5.82 Å². The number of benzene rings is 1. The fourth-order valence-corrected chi connectivity index (χ4v) is 2.72. The number of amides is 1. The van der Waals surface area contributed by atoms with E-state index in [0.29, 0.717) is 13.1 Å². The Morgan fingerprint density at radius 3 is 3.00 bits per heavy atom. The number of hydrogen-bond acceptors (Lipinski definition) is 3. The number of halogens is 2. The Kier molecular flexibility index (Phi) is 5.01. The lowest BCUT2D eigenvalue weighted by Gasteiger charge is -2.32. The molecule has 1 fully saturated rings. The first-order valence-electron chi connectivity index (χ1n) is 6.71. The van der Waals surface area contributed by atoms with Crippen molar-refractivity contribution in [3.8, 4) is 0 Å². The summed E-state index contributed by atoms with van der Waals surface area (Å²) in [4.78, 5) is 13.9. The molecule has 1 amide bonds. The number of rotatable bonds is 3. The number of nitrogens with zero attached hydrogens (tertiary/aromatic N) is 2. The maximum atomic E-state index is 13.7. The molecule has 0 radical (unpaired) electrons. The van der Waals surface area contributed by atoms with Crippen LogP contribution < -0.4 is 5.73 Å². The lowest BCUT2D eigenvalue weighted by atomic mass is 9.96. The van der Waals surface area contributed by atoms with Gasteiger partial charge in [0, 0.05) is 29.6 Å². The quantitative estimate of drug-likeness (QED) is 0.388. The van der Waals surface area contributed by atoms with Gasteiger partial charge in [0.15, 0.2) is 0 Å². The average molecular weight is 314 g/mol. The van der Waals surface area contributed by atoms with Gasteiger partial charge in [0.1, 0.15) is 11.7 Å². The lowest BCUT2D eigenvalue weighted by molar-refractivity contribution is -0.131. The Morgan fingerprint density at radius 2 is 2.33 bits per heavy atom. The normalized spacial score (nSPS) is 19.6. The second kappa shape index (κ2) is 6.76. The largest absolute Gasteiger partial charge is 0.409 e. The highest BCUT2D eigenvalue weighted by Crippen LogP contribution is 2.22. The van der Waals surface area contributed by atoms with Crippen molar-refractivity contribution in [2.75, 3.05) is 13.1 Å². The van der Waals surface area contributed by atoms with Crippen molar-refractivity contribution >= 4 is 23.3 Å². The maximum absolute atomic E-state index is 13.7. The number of nitrogens with two attached hydrogens (primary N) is 1. The topological polar surface area (TPSA) is 78.9 Å². The zero-order chi connectivity index (χ0) is 15.4. The predicted molar refractivity (Wildman–Crippen MR) is 77.8 cm³/mol. The van der Waals surface area contributed by atoms with Crippen LogP contribution in [0.2, 0.25) is 5.02 Å². The summed E-state index contributed by atoms with van der Waals surface area (Å²) in [6.45, 7) is 0.959. The molecule has 5 nitrogen and oxygen atoms in total. The summed E-state index contributed by atoms with van der Waals surface area (Å²) >= 11 is 5.93. The molecule has 1 aliphatic heterocycles. The highest BCUT2D eigenvalue weighted by Gasteiger charge is 2.27. The van der Waals surface area contributed by atoms with Crippen LogP contribution in [0.3, 0.4) is 0 Å². The summed E-state index contributed by atoms with van der Waals surface area (Å²) in [6, 6.07) is 4.34. The molecule has 2 rings (SSSR count). The van der Waals surface area contributed by atoms with Crippen molar-refractivity contribution < 1.29 is 14.4 Å². The molecule has 21 heavy (non-hydrogen) atoms. The summed E-state index contributed by atoms with van der Waals surface area (Å²) in [5.74, 6) is -0.737. The second-order valence-corrected chi connectivity index (χ2v) is 5.49. The third-order valence-electron chi connectivity index (χ3n) is 3.70. The third-order valence-corrected chi connectivity index (χ3v) is 4.05. The van der Waals surface area contributed by atoms with Gasteiger partial charge in [-0.2, -0.15) is 0 Å². The van der Waals surface area contributed by atoms with Gasteiger partial charge < -0.3 is 15.8 Å². The van der Waals surface area contributed by atoms with Gasteiger partial charge in [0.05, 0.1) is 6.42 Å². The molecule has 0 saturated carbocycles. The maximum Gasteiger partial charge on any atom is 0.227 e. The van der Waals surface area contributed by atoms with Crippen LogP contribution in [-0.4, -0.2) is 34.9 Å². The molecule has 0 aliphatic carbocycles. The number of hydrogen-bond donors (Lipinski definition) is 2. The number of oxime groups is 1. The molecule has 0 bridgehead atoms. The highest BCUT2D eigenvalue weighted by molar-refractivity contribution is 6.31. The van der Waals surface area contributed by atoms with Crippen LogP contribution in [0.15, 0.2) is 23.4 Å². The van der Waals surface area contributed by atoms with Crippen LogP contribution in [0.4, 0.5) is 4.39 Å². The van der Waals surface area contributed by atoms with Gasteiger partial charge in [-0.1, -0.05) is 22.8 Å². The third kappa shape index (κ3) is 3.64. The van der Waals surface area contributed by atoms with Crippen molar-refractivity contribution in [1.29, 1.82) is 0 Å². The summed E-state index contributed by atoms with van der Waals surface area (Å²) in [6.07, 6.45) is 1.44. The van der Waals surface area contributed by atoms with E-state index in [4.69, 9.17) is 22.5 Å². The Bertz CT molecular complexity index is 545. The number of piperidine rings is 1. The van der Waals surface area contributed by atoms with Gasteiger partial charge in [-0.3, -0.25) is 4.79 Å². The summed E-state index contributed by atoms with van der Waals surface area (Å²) in [5, 5.41) is 11.9. The van der Waals surface area contributed by atoms with E-state index in [1.165, 1.54) is 12.1 Å². The molecular weight excluding hydrogens is 297 g/mol. The van der Waals surface area contributed by atoms with E-state index in [-0.39, 0.29) is 34.7 Å². The fourth-order valence-electron chi connectivity index (χ4n) is 2.49. The van der Waals surface area contributed by atoms with E-state index in [0.717, 1.165) is 12.8 Å². The molecule has 1 aromatic carbocycles. The number of amidine groups is 1. The Labute approximate surface area is 127 Å². The van der Waals surface area contributed by atoms with E-state index in [2.05, 4.69) is 5.16 Å². The zero-order valence-corrected chi connectivity index (χ0v) is 12.2. The van der Waals surface area contributed by atoms with Crippen LogP contribution >= 0.6 is 11.6 Å². The van der Waals surface area contributed by atoms with Gasteiger partial charge in [-0.05, 0) is 25.0 Å². The standard InChI is InChI=1S/C14H17ClFN3O2/c15-11-4-1-5-12(16)10(11)7-13(20)19-6-2-3-9(8-19)14(17)18-21/h1,4-5,9,21H,2-3,6-8H2,(H2,17,18). The minimum atomic E-state index is -0.485. The van der Waals surface area contributed by atoms with Gasteiger partial charge in [0.25, 0.3) is 0 Å². The van der Waals surface area contributed by atoms with Gasteiger partial charge in [0.2, 0.25) is 5.91 Å².